The van der Waals surface area contributed by atoms with Crippen molar-refractivity contribution in [3.05, 3.63) is 46.9 Å². The van der Waals surface area contributed by atoms with Gasteiger partial charge in [0.05, 0.1) is 18.4 Å². The highest BCUT2D eigenvalue weighted by Gasteiger charge is 2.16. The van der Waals surface area contributed by atoms with Crippen LogP contribution in [-0.2, 0) is 0 Å². The fourth-order valence-corrected chi connectivity index (χ4v) is 1.70. The fraction of sp³-hybridized carbons (Fsp3) is 0.0769. The highest BCUT2D eigenvalue weighted by Crippen LogP contribution is 2.23. The maximum atomic E-state index is 11.9. The Morgan fingerprint density at radius 3 is 2.60 bits per heavy atom. The number of benzene rings is 1. The van der Waals surface area contributed by atoms with Crippen molar-refractivity contribution in [2.75, 3.05) is 12.4 Å². The highest BCUT2D eigenvalue weighted by atomic mass is 35.5. The first-order valence-electron chi connectivity index (χ1n) is 5.49. The van der Waals surface area contributed by atoms with Gasteiger partial charge in [-0.2, -0.15) is 0 Å². The third kappa shape index (κ3) is 2.92. The molecule has 0 unspecified atom stereocenters. The summed E-state index contributed by atoms with van der Waals surface area (Å²) in [6.07, 6.45) is 0. The number of methoxy groups -OCH3 is 1. The van der Waals surface area contributed by atoms with Gasteiger partial charge in [0.1, 0.15) is 5.75 Å². The molecule has 0 aliphatic rings. The molecule has 6 nitrogen and oxygen atoms in total. The smallest absolute Gasteiger partial charge is 0.337 e. The van der Waals surface area contributed by atoms with Crippen LogP contribution in [0.2, 0.25) is 5.22 Å². The number of anilines is 1. The van der Waals surface area contributed by atoms with E-state index < -0.39 is 11.9 Å². The number of halogens is 1. The minimum Gasteiger partial charge on any atom is -0.497 e. The summed E-state index contributed by atoms with van der Waals surface area (Å²) in [6, 6.07) is 7.10. The second kappa shape index (κ2) is 5.66. The Morgan fingerprint density at radius 1 is 1.30 bits per heavy atom. The van der Waals surface area contributed by atoms with Crippen LogP contribution in [0.25, 0.3) is 0 Å². The third-order valence-corrected chi connectivity index (χ3v) is 2.71. The van der Waals surface area contributed by atoms with Crippen LogP contribution in [0.3, 0.4) is 0 Å². The van der Waals surface area contributed by atoms with E-state index in [1.165, 1.54) is 37.4 Å². The molecule has 0 fully saturated rings. The van der Waals surface area contributed by atoms with Gasteiger partial charge in [0.2, 0.25) is 0 Å². The molecule has 1 aromatic carbocycles. The molecule has 1 aromatic heterocycles. The number of carboxylic acids is 1. The molecule has 0 aliphatic carbocycles. The molecule has 0 saturated carbocycles. The van der Waals surface area contributed by atoms with Gasteiger partial charge in [0.25, 0.3) is 5.91 Å². The largest absolute Gasteiger partial charge is 0.497 e. The van der Waals surface area contributed by atoms with E-state index in [1.807, 2.05) is 0 Å². The van der Waals surface area contributed by atoms with Gasteiger partial charge in [0, 0.05) is 0 Å². The lowest BCUT2D eigenvalue weighted by Gasteiger charge is -2.09. The number of ether oxygens (including phenoxy) is 1. The lowest BCUT2D eigenvalue weighted by atomic mass is 10.1. The number of nitrogens with one attached hydrogen (secondary N) is 1. The van der Waals surface area contributed by atoms with Crippen molar-refractivity contribution in [2.24, 2.45) is 0 Å². The number of furan rings is 1. The van der Waals surface area contributed by atoms with Crippen molar-refractivity contribution in [2.45, 2.75) is 0 Å². The van der Waals surface area contributed by atoms with Crippen molar-refractivity contribution in [1.29, 1.82) is 0 Å². The maximum Gasteiger partial charge on any atom is 0.337 e. The van der Waals surface area contributed by atoms with Crippen molar-refractivity contribution in [3.8, 4) is 5.75 Å². The summed E-state index contributed by atoms with van der Waals surface area (Å²) in [5, 5.41) is 11.6. The van der Waals surface area contributed by atoms with Gasteiger partial charge in [-0.15, -0.1) is 0 Å². The Morgan fingerprint density at radius 2 is 2.05 bits per heavy atom. The molecule has 104 valence electrons. The molecule has 2 N–H and O–H groups in total. The molecule has 2 rings (SSSR count). The minimum absolute atomic E-state index is 0.0119. The van der Waals surface area contributed by atoms with E-state index in [-0.39, 0.29) is 22.2 Å². The van der Waals surface area contributed by atoms with Crippen molar-refractivity contribution >= 4 is 29.2 Å². The monoisotopic (exact) mass is 295 g/mol. The van der Waals surface area contributed by atoms with Crippen LogP contribution in [-0.4, -0.2) is 24.1 Å². The average molecular weight is 296 g/mol. The summed E-state index contributed by atoms with van der Waals surface area (Å²) in [7, 11) is 1.42. The van der Waals surface area contributed by atoms with E-state index in [4.69, 9.17) is 25.9 Å². The van der Waals surface area contributed by atoms with E-state index in [9.17, 15) is 9.59 Å². The second-order valence-corrected chi connectivity index (χ2v) is 4.15. The van der Waals surface area contributed by atoms with Gasteiger partial charge in [-0.1, -0.05) is 0 Å². The Labute approximate surface area is 118 Å². The molecule has 0 radical (unpaired) electrons. The number of hydrogen-bond acceptors (Lipinski definition) is 4. The minimum atomic E-state index is -1.18. The molecular formula is C13H10ClNO5. The Hall–Kier alpha value is -2.47. The molecule has 0 spiro atoms. The predicted octanol–water partition coefficient (Wildman–Crippen LogP) is 2.89. The number of carbonyl (C=O) groups excluding carboxylic acids is 1. The Bertz CT molecular complexity index is 665. The topological polar surface area (TPSA) is 88.8 Å². The zero-order chi connectivity index (χ0) is 14.7. The quantitative estimate of drug-likeness (QED) is 0.905. The van der Waals surface area contributed by atoms with Gasteiger partial charge < -0.3 is 19.6 Å². The third-order valence-electron chi connectivity index (χ3n) is 2.50. The molecule has 0 bridgehead atoms. The van der Waals surface area contributed by atoms with E-state index in [0.29, 0.717) is 5.75 Å². The molecule has 0 aliphatic heterocycles. The first-order chi connectivity index (χ1) is 9.51. The SMILES string of the molecule is COc1ccc(NC(=O)c2ccc(Cl)o2)c(C(=O)O)c1. The molecular weight excluding hydrogens is 286 g/mol. The van der Waals surface area contributed by atoms with Gasteiger partial charge in [0.15, 0.2) is 11.0 Å². The van der Waals surface area contributed by atoms with Crippen LogP contribution in [0, 0.1) is 0 Å². The summed E-state index contributed by atoms with van der Waals surface area (Å²) in [5.74, 6) is -1.41. The fourth-order valence-electron chi connectivity index (χ4n) is 1.56. The number of aromatic carboxylic acids is 1. The lowest BCUT2D eigenvalue weighted by Crippen LogP contribution is -2.14. The summed E-state index contributed by atoms with van der Waals surface area (Å²) < 4.78 is 9.88. The van der Waals surface area contributed by atoms with Gasteiger partial charge >= 0.3 is 5.97 Å². The van der Waals surface area contributed by atoms with Crippen LogP contribution >= 0.6 is 11.6 Å². The second-order valence-electron chi connectivity index (χ2n) is 3.77. The molecule has 0 saturated heterocycles. The standard InChI is InChI=1S/C13H10ClNO5/c1-19-7-2-3-9(8(6-7)13(17)18)15-12(16)10-4-5-11(14)20-10/h2-6H,1H3,(H,15,16)(H,17,18). The number of carboxylic acid groups (broad SMARTS) is 1. The molecule has 7 heteroatoms. The van der Waals surface area contributed by atoms with Crippen molar-refractivity contribution in [3.63, 3.8) is 0 Å². The lowest BCUT2D eigenvalue weighted by molar-refractivity contribution is 0.0697. The normalized spacial score (nSPS) is 10.1. The summed E-state index contributed by atoms with van der Waals surface area (Å²) in [5.41, 5.74) is 0.0474. The van der Waals surface area contributed by atoms with Crippen LogP contribution in [0.4, 0.5) is 5.69 Å². The zero-order valence-electron chi connectivity index (χ0n) is 10.3. The van der Waals surface area contributed by atoms with Crippen molar-refractivity contribution in [1.82, 2.24) is 0 Å². The van der Waals surface area contributed by atoms with Crippen LogP contribution in [0.15, 0.2) is 34.7 Å². The number of rotatable bonds is 4. The Kier molecular flexibility index (Phi) is 3.95. The van der Waals surface area contributed by atoms with E-state index in [2.05, 4.69) is 5.32 Å². The van der Waals surface area contributed by atoms with Crippen LogP contribution in [0.1, 0.15) is 20.9 Å². The van der Waals surface area contributed by atoms with Crippen molar-refractivity contribution < 1.29 is 23.8 Å². The molecule has 2 aromatic rings. The summed E-state index contributed by atoms with van der Waals surface area (Å²) >= 11 is 5.57. The van der Waals surface area contributed by atoms with E-state index in [1.54, 1.807) is 0 Å². The molecule has 1 amide bonds. The highest BCUT2D eigenvalue weighted by molar-refractivity contribution is 6.29. The zero-order valence-corrected chi connectivity index (χ0v) is 11.1. The maximum absolute atomic E-state index is 11.9. The van der Waals surface area contributed by atoms with Gasteiger partial charge in [-0.3, -0.25) is 4.79 Å². The average Bonchev–Trinajstić information content (AvgIpc) is 2.85. The van der Waals surface area contributed by atoms with Crippen LogP contribution in [0.5, 0.6) is 5.75 Å². The summed E-state index contributed by atoms with van der Waals surface area (Å²) in [4.78, 5) is 23.0. The Balaban J connectivity index is 2.29. The van der Waals surface area contributed by atoms with Gasteiger partial charge in [-0.05, 0) is 41.9 Å². The number of amides is 1. The van der Waals surface area contributed by atoms with Gasteiger partial charge in [-0.25, -0.2) is 4.79 Å². The van der Waals surface area contributed by atoms with E-state index >= 15 is 0 Å². The first kappa shape index (κ1) is 14.0. The number of carbonyl (C=O) groups is 2. The van der Waals surface area contributed by atoms with E-state index in [0.717, 1.165) is 0 Å². The first-order valence-corrected chi connectivity index (χ1v) is 5.87. The predicted molar refractivity (Wildman–Crippen MR) is 71.6 cm³/mol. The summed E-state index contributed by atoms with van der Waals surface area (Å²) in [6.45, 7) is 0. The molecule has 1 heterocycles. The molecule has 0 atom stereocenters. The van der Waals surface area contributed by atoms with Crippen LogP contribution < -0.4 is 10.1 Å². The number of hydrogen-bond donors (Lipinski definition) is 2. The molecule has 20 heavy (non-hydrogen) atoms.